The Bertz CT molecular complexity index is 324. The first-order valence-electron chi connectivity index (χ1n) is 5.15. The van der Waals surface area contributed by atoms with Crippen LogP contribution in [0.15, 0.2) is 40.2 Å². The van der Waals surface area contributed by atoms with Crippen molar-refractivity contribution in [3.8, 4) is 0 Å². The van der Waals surface area contributed by atoms with Gasteiger partial charge in [0.05, 0.1) is 6.54 Å². The van der Waals surface area contributed by atoms with Crippen LogP contribution in [0, 0.1) is 0 Å². The lowest BCUT2D eigenvalue weighted by Gasteiger charge is -2.05. The number of nitrogens with zero attached hydrogens (tertiary/aromatic N) is 1. The van der Waals surface area contributed by atoms with Gasteiger partial charge < -0.3 is 10.6 Å². The third-order valence-corrected chi connectivity index (χ3v) is 3.09. The minimum absolute atomic E-state index is 0.897. The summed E-state index contributed by atoms with van der Waals surface area (Å²) in [6.07, 6.45) is 0. The number of rotatable bonds is 4. The van der Waals surface area contributed by atoms with Crippen molar-refractivity contribution in [2.75, 3.05) is 25.4 Å². The van der Waals surface area contributed by atoms with Gasteiger partial charge in [-0.1, -0.05) is 18.2 Å². The van der Waals surface area contributed by atoms with Crippen LogP contribution >= 0.6 is 11.8 Å². The Morgan fingerprint density at radius 3 is 2.93 bits per heavy atom. The summed E-state index contributed by atoms with van der Waals surface area (Å²) in [7, 11) is 0. The second-order valence-corrected chi connectivity index (χ2v) is 4.41. The SMILES string of the molecule is c1ccc(SCCNC2=NCCN2)cc1. The predicted octanol–water partition coefficient (Wildman–Crippen LogP) is 1.33. The average molecular weight is 221 g/mol. The molecule has 0 spiro atoms. The minimum Gasteiger partial charge on any atom is -0.356 e. The first-order valence-corrected chi connectivity index (χ1v) is 6.14. The number of thioether (sulfide) groups is 1. The van der Waals surface area contributed by atoms with E-state index in [4.69, 9.17) is 0 Å². The van der Waals surface area contributed by atoms with Crippen LogP contribution in [0.5, 0.6) is 0 Å². The van der Waals surface area contributed by atoms with Crippen molar-refractivity contribution >= 4 is 17.7 Å². The summed E-state index contributed by atoms with van der Waals surface area (Å²) in [6.45, 7) is 2.81. The fourth-order valence-corrected chi connectivity index (χ4v) is 2.16. The Morgan fingerprint density at radius 1 is 1.33 bits per heavy atom. The molecule has 1 aliphatic heterocycles. The van der Waals surface area contributed by atoms with E-state index >= 15 is 0 Å². The topological polar surface area (TPSA) is 36.4 Å². The van der Waals surface area contributed by atoms with Gasteiger partial charge >= 0.3 is 0 Å². The zero-order chi connectivity index (χ0) is 10.3. The number of hydrogen-bond donors (Lipinski definition) is 2. The van der Waals surface area contributed by atoms with E-state index in [0.717, 1.165) is 31.3 Å². The largest absolute Gasteiger partial charge is 0.356 e. The molecule has 0 amide bonds. The number of nitrogens with one attached hydrogen (secondary N) is 2. The van der Waals surface area contributed by atoms with Crippen molar-refractivity contribution < 1.29 is 0 Å². The normalized spacial score (nSPS) is 14.5. The highest BCUT2D eigenvalue weighted by Crippen LogP contribution is 2.15. The highest BCUT2D eigenvalue weighted by atomic mass is 32.2. The second-order valence-electron chi connectivity index (χ2n) is 3.25. The fourth-order valence-electron chi connectivity index (χ4n) is 1.37. The molecule has 0 aromatic heterocycles. The third kappa shape index (κ3) is 3.47. The molecule has 2 rings (SSSR count). The van der Waals surface area contributed by atoms with E-state index in [9.17, 15) is 0 Å². The molecule has 80 valence electrons. The molecular formula is C11H15N3S. The zero-order valence-electron chi connectivity index (χ0n) is 8.57. The van der Waals surface area contributed by atoms with Gasteiger partial charge in [-0.05, 0) is 12.1 Å². The maximum Gasteiger partial charge on any atom is 0.191 e. The van der Waals surface area contributed by atoms with Gasteiger partial charge in [-0.2, -0.15) is 0 Å². The summed E-state index contributed by atoms with van der Waals surface area (Å²) in [5.74, 6) is 2.01. The van der Waals surface area contributed by atoms with Gasteiger partial charge in [0.15, 0.2) is 5.96 Å². The van der Waals surface area contributed by atoms with Crippen LogP contribution in [0.1, 0.15) is 0 Å². The summed E-state index contributed by atoms with van der Waals surface area (Å²) in [6, 6.07) is 10.4. The predicted molar refractivity (Wildman–Crippen MR) is 65.5 cm³/mol. The molecule has 0 fully saturated rings. The van der Waals surface area contributed by atoms with Gasteiger partial charge in [0.2, 0.25) is 0 Å². The highest BCUT2D eigenvalue weighted by molar-refractivity contribution is 7.99. The molecule has 0 aliphatic carbocycles. The molecule has 15 heavy (non-hydrogen) atoms. The molecule has 0 unspecified atom stereocenters. The maximum atomic E-state index is 4.27. The summed E-state index contributed by atoms with van der Waals surface area (Å²) in [5, 5.41) is 6.45. The van der Waals surface area contributed by atoms with Crippen molar-refractivity contribution in [1.29, 1.82) is 0 Å². The van der Waals surface area contributed by atoms with Crippen LogP contribution in [0.2, 0.25) is 0 Å². The van der Waals surface area contributed by atoms with Crippen LogP contribution in [0.4, 0.5) is 0 Å². The van der Waals surface area contributed by atoms with E-state index in [2.05, 4.69) is 39.9 Å². The van der Waals surface area contributed by atoms with E-state index in [1.165, 1.54) is 4.90 Å². The van der Waals surface area contributed by atoms with Crippen molar-refractivity contribution in [3.05, 3.63) is 30.3 Å². The van der Waals surface area contributed by atoms with Gasteiger partial charge in [0, 0.05) is 23.7 Å². The van der Waals surface area contributed by atoms with Crippen LogP contribution < -0.4 is 10.6 Å². The van der Waals surface area contributed by atoms with E-state index in [1.807, 2.05) is 17.8 Å². The number of aliphatic imine (C=N–C) groups is 1. The smallest absolute Gasteiger partial charge is 0.191 e. The lowest BCUT2D eigenvalue weighted by Crippen LogP contribution is -2.34. The van der Waals surface area contributed by atoms with Gasteiger partial charge in [0.25, 0.3) is 0 Å². The molecule has 0 bridgehead atoms. The van der Waals surface area contributed by atoms with Crippen LogP contribution in [-0.4, -0.2) is 31.3 Å². The van der Waals surface area contributed by atoms with Crippen LogP contribution in [0.3, 0.4) is 0 Å². The molecule has 0 saturated carbocycles. The quantitative estimate of drug-likeness (QED) is 0.595. The van der Waals surface area contributed by atoms with E-state index < -0.39 is 0 Å². The molecule has 4 heteroatoms. The Balaban J connectivity index is 1.63. The first-order chi connectivity index (χ1) is 7.45. The molecular weight excluding hydrogens is 206 g/mol. The maximum absolute atomic E-state index is 4.27. The van der Waals surface area contributed by atoms with E-state index in [1.54, 1.807) is 0 Å². The monoisotopic (exact) mass is 221 g/mol. The fraction of sp³-hybridized carbons (Fsp3) is 0.364. The lowest BCUT2D eigenvalue weighted by molar-refractivity contribution is 0.903. The standard InChI is InChI=1S/C11H15N3S/c1-2-4-10(5-3-1)15-9-8-14-11-12-6-7-13-11/h1-5H,6-9H2,(H2,12,13,14). The highest BCUT2D eigenvalue weighted by Gasteiger charge is 2.02. The van der Waals surface area contributed by atoms with Crippen molar-refractivity contribution in [2.45, 2.75) is 4.90 Å². The molecule has 1 heterocycles. The van der Waals surface area contributed by atoms with Crippen molar-refractivity contribution in [3.63, 3.8) is 0 Å². The van der Waals surface area contributed by atoms with E-state index in [0.29, 0.717) is 0 Å². The molecule has 0 saturated heterocycles. The summed E-state index contributed by atoms with van der Waals surface area (Å²) >= 11 is 1.86. The Labute approximate surface area is 94.4 Å². The second kappa shape index (κ2) is 5.66. The first kappa shape index (κ1) is 10.4. The van der Waals surface area contributed by atoms with Crippen LogP contribution in [0.25, 0.3) is 0 Å². The Morgan fingerprint density at radius 2 is 2.20 bits per heavy atom. The van der Waals surface area contributed by atoms with Gasteiger partial charge in [0.1, 0.15) is 0 Å². The minimum atomic E-state index is 0.897. The van der Waals surface area contributed by atoms with Crippen molar-refractivity contribution in [1.82, 2.24) is 10.6 Å². The average Bonchev–Trinajstić information content (AvgIpc) is 2.79. The zero-order valence-corrected chi connectivity index (χ0v) is 9.39. The lowest BCUT2D eigenvalue weighted by atomic mass is 10.4. The van der Waals surface area contributed by atoms with Crippen LogP contribution in [-0.2, 0) is 0 Å². The molecule has 0 atom stereocenters. The summed E-state index contributed by atoms with van der Waals surface area (Å²) < 4.78 is 0. The van der Waals surface area contributed by atoms with Crippen molar-refractivity contribution in [2.24, 2.45) is 4.99 Å². The van der Waals surface area contributed by atoms with Gasteiger partial charge in [-0.25, -0.2) is 0 Å². The number of guanidine groups is 1. The number of hydrogen-bond acceptors (Lipinski definition) is 4. The van der Waals surface area contributed by atoms with Gasteiger partial charge in [-0.15, -0.1) is 11.8 Å². The molecule has 1 aromatic rings. The Hall–Kier alpha value is -1.16. The summed E-state index contributed by atoms with van der Waals surface area (Å²) in [4.78, 5) is 5.59. The molecule has 1 aliphatic rings. The molecule has 2 N–H and O–H groups in total. The van der Waals surface area contributed by atoms with Gasteiger partial charge in [-0.3, -0.25) is 4.99 Å². The number of benzene rings is 1. The van der Waals surface area contributed by atoms with E-state index in [-0.39, 0.29) is 0 Å². The Kier molecular flexibility index (Phi) is 3.91. The molecule has 3 nitrogen and oxygen atoms in total. The summed E-state index contributed by atoms with van der Waals surface area (Å²) in [5.41, 5.74) is 0. The molecule has 1 aromatic carbocycles. The molecule has 0 radical (unpaired) electrons. The third-order valence-electron chi connectivity index (χ3n) is 2.08.